The van der Waals surface area contributed by atoms with E-state index in [1.807, 2.05) is 22.7 Å². The number of hydrogen-bond acceptors (Lipinski definition) is 5. The summed E-state index contributed by atoms with van der Waals surface area (Å²) in [6.07, 6.45) is 0. The van der Waals surface area contributed by atoms with Crippen molar-refractivity contribution in [3.8, 4) is 19.5 Å². The standard InChI is InChI=1S/C20H26N2S3/c1-19(2,3)13-9-7-11(23-13)17-15(21)16(22)18(25-17)12-8-10-14(24-12)20(4,5)6/h7-10H,21-22H2,1-6H3. The molecule has 0 atom stereocenters. The fourth-order valence-corrected chi connectivity index (χ4v) is 6.07. The van der Waals surface area contributed by atoms with Crippen molar-refractivity contribution in [2.45, 2.75) is 52.4 Å². The molecule has 3 rings (SSSR count). The van der Waals surface area contributed by atoms with E-state index in [0.717, 1.165) is 9.75 Å². The minimum absolute atomic E-state index is 0.151. The van der Waals surface area contributed by atoms with Gasteiger partial charge in [-0.25, -0.2) is 0 Å². The zero-order valence-corrected chi connectivity index (χ0v) is 18.1. The number of thiophene rings is 3. The van der Waals surface area contributed by atoms with Crippen LogP contribution in [0.2, 0.25) is 0 Å². The van der Waals surface area contributed by atoms with Gasteiger partial charge in [-0.1, -0.05) is 41.5 Å². The van der Waals surface area contributed by atoms with Crippen LogP contribution in [0.5, 0.6) is 0 Å². The van der Waals surface area contributed by atoms with Crippen molar-refractivity contribution in [1.29, 1.82) is 0 Å². The summed E-state index contributed by atoms with van der Waals surface area (Å²) in [4.78, 5) is 7.33. The second kappa shape index (κ2) is 6.15. The zero-order valence-electron chi connectivity index (χ0n) is 15.7. The topological polar surface area (TPSA) is 52.0 Å². The van der Waals surface area contributed by atoms with E-state index in [0.29, 0.717) is 11.4 Å². The highest BCUT2D eigenvalue weighted by Crippen LogP contribution is 2.50. The van der Waals surface area contributed by atoms with Crippen LogP contribution >= 0.6 is 34.0 Å². The minimum atomic E-state index is 0.151. The number of hydrogen-bond donors (Lipinski definition) is 2. The van der Waals surface area contributed by atoms with Crippen LogP contribution in [-0.2, 0) is 10.8 Å². The Kier molecular flexibility index (Phi) is 4.55. The molecule has 0 saturated heterocycles. The second-order valence-corrected chi connectivity index (χ2v) is 11.6. The maximum absolute atomic E-state index is 6.38. The molecule has 5 heteroatoms. The highest BCUT2D eigenvalue weighted by atomic mass is 32.1. The average Bonchev–Trinajstić information content (AvgIpc) is 3.18. The fraction of sp³-hybridized carbons (Fsp3) is 0.400. The molecule has 2 nitrogen and oxygen atoms in total. The molecular formula is C20H26N2S3. The van der Waals surface area contributed by atoms with Crippen molar-refractivity contribution in [2.75, 3.05) is 11.5 Å². The predicted octanol–water partition coefficient (Wildman–Crippen LogP) is 6.96. The van der Waals surface area contributed by atoms with Gasteiger partial charge in [0.05, 0.1) is 21.1 Å². The summed E-state index contributed by atoms with van der Waals surface area (Å²) in [6, 6.07) is 8.76. The Morgan fingerprint density at radius 3 is 1.24 bits per heavy atom. The molecule has 0 saturated carbocycles. The van der Waals surface area contributed by atoms with Crippen LogP contribution < -0.4 is 11.5 Å². The van der Waals surface area contributed by atoms with Gasteiger partial charge in [0, 0.05) is 19.5 Å². The maximum Gasteiger partial charge on any atom is 0.0752 e. The average molecular weight is 391 g/mol. The third-order valence-electron chi connectivity index (χ3n) is 4.12. The monoisotopic (exact) mass is 390 g/mol. The molecular weight excluding hydrogens is 364 g/mol. The molecule has 3 aromatic rings. The smallest absolute Gasteiger partial charge is 0.0752 e. The van der Waals surface area contributed by atoms with Gasteiger partial charge in [0.2, 0.25) is 0 Å². The Balaban J connectivity index is 2.04. The lowest BCUT2D eigenvalue weighted by molar-refractivity contribution is 0.603. The summed E-state index contributed by atoms with van der Waals surface area (Å²) < 4.78 is 0. The van der Waals surface area contributed by atoms with Crippen LogP contribution in [0.25, 0.3) is 19.5 Å². The van der Waals surface area contributed by atoms with Gasteiger partial charge in [-0.3, -0.25) is 0 Å². The quantitative estimate of drug-likeness (QED) is 0.496. The van der Waals surface area contributed by atoms with Crippen LogP contribution in [0.15, 0.2) is 24.3 Å². The van der Waals surface area contributed by atoms with Gasteiger partial charge in [-0.15, -0.1) is 34.0 Å². The molecule has 0 bridgehead atoms. The molecule has 0 unspecified atom stereocenters. The van der Waals surface area contributed by atoms with Crippen LogP contribution in [0.1, 0.15) is 51.3 Å². The lowest BCUT2D eigenvalue weighted by atomic mass is 9.95. The van der Waals surface area contributed by atoms with Gasteiger partial charge < -0.3 is 11.5 Å². The van der Waals surface area contributed by atoms with E-state index in [1.54, 1.807) is 11.3 Å². The van der Waals surface area contributed by atoms with Gasteiger partial charge >= 0.3 is 0 Å². The number of anilines is 2. The number of nitrogen functional groups attached to an aromatic ring is 2. The highest BCUT2D eigenvalue weighted by Gasteiger charge is 2.23. The molecule has 25 heavy (non-hydrogen) atoms. The lowest BCUT2D eigenvalue weighted by Gasteiger charge is -2.15. The summed E-state index contributed by atoms with van der Waals surface area (Å²) in [5.74, 6) is 0. The third kappa shape index (κ3) is 3.50. The molecule has 0 aliphatic carbocycles. The fourth-order valence-electron chi connectivity index (χ4n) is 2.55. The third-order valence-corrected chi connectivity index (χ3v) is 8.72. The van der Waals surface area contributed by atoms with Crippen molar-refractivity contribution in [1.82, 2.24) is 0 Å². The molecule has 0 radical (unpaired) electrons. The predicted molar refractivity (Wildman–Crippen MR) is 117 cm³/mol. The molecule has 3 aromatic heterocycles. The van der Waals surface area contributed by atoms with Crippen molar-refractivity contribution in [2.24, 2.45) is 0 Å². The van der Waals surface area contributed by atoms with E-state index in [4.69, 9.17) is 11.5 Å². The zero-order chi connectivity index (χ0) is 18.6. The number of rotatable bonds is 2. The summed E-state index contributed by atoms with van der Waals surface area (Å²) >= 11 is 5.34. The minimum Gasteiger partial charge on any atom is -0.396 e. The van der Waals surface area contributed by atoms with Crippen molar-refractivity contribution < 1.29 is 0 Å². The molecule has 0 fully saturated rings. The lowest BCUT2D eigenvalue weighted by Crippen LogP contribution is -2.07. The molecule has 0 spiro atoms. The normalized spacial score (nSPS) is 12.7. The van der Waals surface area contributed by atoms with E-state index in [1.165, 1.54) is 19.5 Å². The Hall–Kier alpha value is -1.30. The van der Waals surface area contributed by atoms with E-state index in [9.17, 15) is 0 Å². The van der Waals surface area contributed by atoms with E-state index < -0.39 is 0 Å². The Morgan fingerprint density at radius 2 is 0.960 bits per heavy atom. The largest absolute Gasteiger partial charge is 0.396 e. The molecule has 0 amide bonds. The first-order valence-electron chi connectivity index (χ1n) is 8.37. The van der Waals surface area contributed by atoms with Crippen LogP contribution in [0.3, 0.4) is 0 Å². The number of nitrogens with two attached hydrogens (primary N) is 2. The molecule has 3 heterocycles. The van der Waals surface area contributed by atoms with Crippen molar-refractivity contribution in [3.05, 3.63) is 34.0 Å². The van der Waals surface area contributed by atoms with Crippen molar-refractivity contribution >= 4 is 45.4 Å². The molecule has 4 N–H and O–H groups in total. The first-order chi connectivity index (χ1) is 11.5. The van der Waals surface area contributed by atoms with Crippen LogP contribution in [0.4, 0.5) is 11.4 Å². The summed E-state index contributed by atoms with van der Waals surface area (Å²) in [5.41, 5.74) is 14.5. The molecule has 0 aliphatic rings. The van der Waals surface area contributed by atoms with E-state index in [-0.39, 0.29) is 10.8 Å². The maximum atomic E-state index is 6.38. The molecule has 134 valence electrons. The van der Waals surface area contributed by atoms with Crippen molar-refractivity contribution in [3.63, 3.8) is 0 Å². The van der Waals surface area contributed by atoms with E-state index in [2.05, 4.69) is 65.8 Å². The van der Waals surface area contributed by atoms with Gasteiger partial charge in [0.15, 0.2) is 0 Å². The summed E-state index contributed by atoms with van der Waals surface area (Å²) in [6.45, 7) is 13.4. The Labute approximate surface area is 162 Å². The molecule has 0 aromatic carbocycles. The summed E-state index contributed by atoms with van der Waals surface area (Å²) in [5, 5.41) is 0. The highest BCUT2D eigenvalue weighted by molar-refractivity contribution is 7.27. The first kappa shape index (κ1) is 18.5. The van der Waals surface area contributed by atoms with Crippen LogP contribution in [0, 0.1) is 0 Å². The Bertz CT molecular complexity index is 826. The van der Waals surface area contributed by atoms with Gasteiger partial charge in [-0.05, 0) is 35.1 Å². The van der Waals surface area contributed by atoms with Gasteiger partial charge in [0.1, 0.15) is 0 Å². The summed E-state index contributed by atoms with van der Waals surface area (Å²) in [7, 11) is 0. The van der Waals surface area contributed by atoms with Gasteiger partial charge in [0.25, 0.3) is 0 Å². The second-order valence-electron chi connectivity index (χ2n) is 8.42. The van der Waals surface area contributed by atoms with Crippen LogP contribution in [-0.4, -0.2) is 0 Å². The first-order valence-corrected chi connectivity index (χ1v) is 10.8. The SMILES string of the molecule is CC(C)(C)c1ccc(-c2sc(-c3ccc(C(C)(C)C)s3)c(N)c2N)s1. The van der Waals surface area contributed by atoms with Gasteiger partial charge in [-0.2, -0.15) is 0 Å². The Morgan fingerprint density at radius 1 is 0.600 bits per heavy atom. The molecule has 0 aliphatic heterocycles. The van der Waals surface area contributed by atoms with E-state index >= 15 is 0 Å².